The maximum absolute atomic E-state index is 12.1. The van der Waals surface area contributed by atoms with E-state index in [0.29, 0.717) is 17.2 Å². The number of ketones is 1. The second kappa shape index (κ2) is 4.33. The molecule has 0 aliphatic heterocycles. The highest BCUT2D eigenvalue weighted by Crippen LogP contribution is 2.27. The number of furan rings is 1. The summed E-state index contributed by atoms with van der Waals surface area (Å²) in [5.41, 5.74) is 1.24. The summed E-state index contributed by atoms with van der Waals surface area (Å²) in [5.74, 6) is 1.55. The van der Waals surface area contributed by atoms with Gasteiger partial charge < -0.3 is 9.15 Å². The molecule has 0 unspecified atom stereocenters. The minimum Gasteiger partial charge on any atom is -0.490 e. The fourth-order valence-corrected chi connectivity index (χ4v) is 1.79. The van der Waals surface area contributed by atoms with Crippen molar-refractivity contribution in [3.8, 4) is 5.75 Å². The van der Waals surface area contributed by atoms with E-state index in [-0.39, 0.29) is 5.78 Å². The van der Waals surface area contributed by atoms with Crippen molar-refractivity contribution in [1.82, 2.24) is 0 Å². The van der Waals surface area contributed by atoms with E-state index in [4.69, 9.17) is 9.15 Å². The van der Waals surface area contributed by atoms with Gasteiger partial charge in [-0.2, -0.15) is 0 Å². The second-order valence-electron chi connectivity index (χ2n) is 4.62. The van der Waals surface area contributed by atoms with Crippen molar-refractivity contribution in [3.05, 3.63) is 53.5 Å². The van der Waals surface area contributed by atoms with E-state index in [1.165, 1.54) is 6.26 Å². The van der Waals surface area contributed by atoms with Crippen molar-refractivity contribution in [1.29, 1.82) is 0 Å². The summed E-state index contributed by atoms with van der Waals surface area (Å²) in [6.07, 6.45) is 4.14. The highest BCUT2D eigenvalue weighted by Gasteiger charge is 2.23. The van der Waals surface area contributed by atoms with Gasteiger partial charge in [-0.3, -0.25) is 4.79 Å². The fraction of sp³-hybridized carbons (Fsp3) is 0.267. The third kappa shape index (κ3) is 2.30. The second-order valence-corrected chi connectivity index (χ2v) is 4.62. The van der Waals surface area contributed by atoms with Crippen molar-refractivity contribution in [2.24, 2.45) is 0 Å². The molecule has 2 aromatic rings. The average Bonchev–Trinajstić information content (AvgIpc) is 3.09. The van der Waals surface area contributed by atoms with Crippen LogP contribution in [0.25, 0.3) is 0 Å². The van der Waals surface area contributed by atoms with Gasteiger partial charge in [0.15, 0.2) is 5.78 Å². The molecule has 0 N–H and O–H groups in total. The van der Waals surface area contributed by atoms with Crippen LogP contribution in [0.1, 0.15) is 34.5 Å². The predicted molar refractivity (Wildman–Crippen MR) is 67.0 cm³/mol. The van der Waals surface area contributed by atoms with Gasteiger partial charge in [0.1, 0.15) is 17.8 Å². The molecular formula is C15H14O3. The van der Waals surface area contributed by atoms with Gasteiger partial charge in [-0.25, -0.2) is 0 Å². The van der Waals surface area contributed by atoms with E-state index in [2.05, 4.69) is 0 Å². The van der Waals surface area contributed by atoms with Crippen LogP contribution in [-0.2, 0) is 0 Å². The molecule has 3 nitrogen and oxygen atoms in total. The van der Waals surface area contributed by atoms with Crippen LogP contribution in [0.4, 0.5) is 0 Å². The molecule has 1 aromatic heterocycles. The Morgan fingerprint density at radius 1 is 1.22 bits per heavy atom. The molecule has 0 saturated heterocycles. The molecule has 1 aliphatic rings. The van der Waals surface area contributed by atoms with Gasteiger partial charge in [0.05, 0.1) is 11.7 Å². The van der Waals surface area contributed by atoms with Crippen LogP contribution in [0.2, 0.25) is 0 Å². The Kier molecular flexibility index (Phi) is 2.67. The molecule has 92 valence electrons. The first-order valence-corrected chi connectivity index (χ1v) is 6.09. The van der Waals surface area contributed by atoms with Crippen LogP contribution in [0, 0.1) is 6.92 Å². The number of rotatable bonds is 4. The molecule has 3 heteroatoms. The summed E-state index contributed by atoms with van der Waals surface area (Å²) in [6, 6.07) is 9.03. The molecule has 0 radical (unpaired) electrons. The number of carbonyl (C=O) groups excluding carboxylic acids is 1. The lowest BCUT2D eigenvalue weighted by molar-refractivity contribution is 0.103. The molecule has 0 spiro atoms. The first-order valence-electron chi connectivity index (χ1n) is 6.09. The topological polar surface area (TPSA) is 39.4 Å². The van der Waals surface area contributed by atoms with Crippen LogP contribution in [0.3, 0.4) is 0 Å². The van der Waals surface area contributed by atoms with Crippen molar-refractivity contribution in [2.75, 3.05) is 0 Å². The van der Waals surface area contributed by atoms with Gasteiger partial charge in [-0.05, 0) is 50.1 Å². The summed E-state index contributed by atoms with van der Waals surface area (Å²) in [4.78, 5) is 12.1. The van der Waals surface area contributed by atoms with E-state index in [0.717, 1.165) is 24.4 Å². The zero-order valence-corrected chi connectivity index (χ0v) is 10.2. The van der Waals surface area contributed by atoms with Crippen LogP contribution in [0.15, 0.2) is 41.0 Å². The molecule has 1 saturated carbocycles. The van der Waals surface area contributed by atoms with E-state index in [1.807, 2.05) is 19.1 Å². The van der Waals surface area contributed by atoms with Crippen molar-refractivity contribution in [2.45, 2.75) is 25.9 Å². The zero-order valence-electron chi connectivity index (χ0n) is 10.2. The summed E-state index contributed by atoms with van der Waals surface area (Å²) < 4.78 is 10.8. The predicted octanol–water partition coefficient (Wildman–Crippen LogP) is 3.36. The number of ether oxygens (including phenoxy) is 1. The third-order valence-electron chi connectivity index (χ3n) is 2.94. The highest BCUT2D eigenvalue weighted by molar-refractivity contribution is 6.08. The van der Waals surface area contributed by atoms with E-state index >= 15 is 0 Å². The smallest absolute Gasteiger partial charge is 0.196 e. The summed E-state index contributed by atoms with van der Waals surface area (Å²) in [7, 11) is 0. The molecular weight excluding hydrogens is 228 g/mol. The Balaban J connectivity index is 1.77. The Bertz CT molecular complexity index is 562. The summed E-state index contributed by atoms with van der Waals surface area (Å²) >= 11 is 0. The molecule has 18 heavy (non-hydrogen) atoms. The first kappa shape index (κ1) is 11.1. The van der Waals surface area contributed by atoms with Crippen LogP contribution in [-0.4, -0.2) is 11.9 Å². The maximum atomic E-state index is 12.1. The van der Waals surface area contributed by atoms with Gasteiger partial charge in [0, 0.05) is 5.56 Å². The van der Waals surface area contributed by atoms with Gasteiger partial charge in [0.2, 0.25) is 0 Å². The standard InChI is InChI=1S/C15H14O3/c1-10-8-12(9-17-10)15(16)11-2-4-13(5-3-11)18-14-6-7-14/h2-5,8-9,14H,6-7H2,1H3. The Hall–Kier alpha value is -2.03. The van der Waals surface area contributed by atoms with Gasteiger partial charge in [-0.1, -0.05) is 0 Å². The van der Waals surface area contributed by atoms with Crippen LogP contribution >= 0.6 is 0 Å². The number of benzene rings is 1. The van der Waals surface area contributed by atoms with Gasteiger partial charge in [-0.15, -0.1) is 0 Å². The van der Waals surface area contributed by atoms with Gasteiger partial charge >= 0.3 is 0 Å². The quantitative estimate of drug-likeness (QED) is 0.772. The Morgan fingerprint density at radius 2 is 1.94 bits per heavy atom. The number of aryl methyl sites for hydroxylation is 1. The zero-order chi connectivity index (χ0) is 12.5. The van der Waals surface area contributed by atoms with Gasteiger partial charge in [0.25, 0.3) is 0 Å². The highest BCUT2D eigenvalue weighted by atomic mass is 16.5. The molecule has 1 fully saturated rings. The molecule has 1 aromatic carbocycles. The fourth-order valence-electron chi connectivity index (χ4n) is 1.79. The van der Waals surface area contributed by atoms with E-state index in [9.17, 15) is 4.79 Å². The van der Waals surface area contributed by atoms with Crippen molar-refractivity contribution in [3.63, 3.8) is 0 Å². The first-order chi connectivity index (χ1) is 8.72. The number of hydrogen-bond donors (Lipinski definition) is 0. The Labute approximate surface area is 105 Å². The van der Waals surface area contributed by atoms with Crippen molar-refractivity contribution < 1.29 is 13.9 Å². The number of hydrogen-bond acceptors (Lipinski definition) is 3. The molecule has 0 bridgehead atoms. The molecule has 0 atom stereocenters. The normalized spacial score (nSPS) is 14.5. The third-order valence-corrected chi connectivity index (χ3v) is 2.94. The van der Waals surface area contributed by atoms with Crippen molar-refractivity contribution >= 4 is 5.78 Å². The Morgan fingerprint density at radius 3 is 2.50 bits per heavy atom. The number of carbonyl (C=O) groups is 1. The maximum Gasteiger partial charge on any atom is 0.196 e. The monoisotopic (exact) mass is 242 g/mol. The SMILES string of the molecule is Cc1cc(C(=O)c2ccc(OC3CC3)cc2)co1. The summed E-state index contributed by atoms with van der Waals surface area (Å²) in [6.45, 7) is 1.82. The minimum atomic E-state index is -0.0233. The van der Waals surface area contributed by atoms with Crippen LogP contribution < -0.4 is 4.74 Å². The lowest BCUT2D eigenvalue weighted by Gasteiger charge is -2.04. The van der Waals surface area contributed by atoms with Crippen LogP contribution in [0.5, 0.6) is 5.75 Å². The molecule has 1 heterocycles. The lowest BCUT2D eigenvalue weighted by atomic mass is 10.1. The summed E-state index contributed by atoms with van der Waals surface area (Å²) in [5, 5.41) is 0. The lowest BCUT2D eigenvalue weighted by Crippen LogP contribution is -2.00. The van der Waals surface area contributed by atoms with E-state index < -0.39 is 0 Å². The molecule has 0 amide bonds. The average molecular weight is 242 g/mol. The largest absolute Gasteiger partial charge is 0.490 e. The molecule has 3 rings (SSSR count). The molecule has 1 aliphatic carbocycles. The minimum absolute atomic E-state index is 0.0233. The van der Waals surface area contributed by atoms with E-state index in [1.54, 1.807) is 18.2 Å².